The number of thiophene rings is 2. The van der Waals surface area contributed by atoms with E-state index in [2.05, 4.69) is 90.3 Å². The number of rotatable bonds is 4. The molecule has 0 aliphatic heterocycles. The van der Waals surface area contributed by atoms with Gasteiger partial charge in [0.2, 0.25) is 0 Å². The molecule has 0 unspecified atom stereocenters. The van der Waals surface area contributed by atoms with Crippen LogP contribution in [0.2, 0.25) is 0 Å². The summed E-state index contributed by atoms with van der Waals surface area (Å²) in [5.74, 6) is 0. The van der Waals surface area contributed by atoms with Crippen molar-refractivity contribution in [1.82, 2.24) is 0 Å². The number of hydrogen-bond acceptors (Lipinski definition) is 2. The van der Waals surface area contributed by atoms with E-state index >= 15 is 0 Å². The van der Waals surface area contributed by atoms with E-state index in [1.165, 1.54) is 25.0 Å². The summed E-state index contributed by atoms with van der Waals surface area (Å²) in [6.07, 6.45) is 0. The van der Waals surface area contributed by atoms with Gasteiger partial charge in [-0.25, -0.2) is 0 Å². The highest BCUT2D eigenvalue weighted by Gasteiger charge is 2.18. The molecule has 0 N–H and O–H groups in total. The van der Waals surface area contributed by atoms with Crippen molar-refractivity contribution in [2.45, 2.75) is 0 Å². The molecule has 0 bridgehead atoms. The zero-order chi connectivity index (χ0) is 15.5. The Bertz CT molecular complexity index is 825. The highest BCUT2D eigenvalue weighted by molar-refractivity contribution is 7.84. The van der Waals surface area contributed by atoms with E-state index in [9.17, 15) is 0 Å². The zero-order valence-electron chi connectivity index (χ0n) is 12.4. The van der Waals surface area contributed by atoms with Crippen LogP contribution < -0.4 is 15.2 Å². The first kappa shape index (κ1) is 14.8. The summed E-state index contributed by atoms with van der Waals surface area (Å²) in [6.45, 7) is 0. The van der Waals surface area contributed by atoms with Gasteiger partial charge in [-0.15, -0.1) is 22.7 Å². The number of hydrogen-bond donors (Lipinski definition) is 0. The van der Waals surface area contributed by atoms with Crippen LogP contribution in [0.15, 0.2) is 90.3 Å². The first-order chi connectivity index (χ1) is 11.4. The lowest BCUT2D eigenvalue weighted by molar-refractivity contribution is 1.75. The van der Waals surface area contributed by atoms with E-state index < -0.39 is 7.92 Å². The summed E-state index contributed by atoms with van der Waals surface area (Å²) in [4.78, 5) is 2.73. The molecule has 3 heteroatoms. The SMILES string of the molecule is c1ccc(P(c2ccccc2)c2ccc(-c3cccs3)s2)cc1. The smallest absolute Gasteiger partial charge is 0.0449 e. The molecule has 2 aromatic carbocycles. The summed E-state index contributed by atoms with van der Waals surface area (Å²) in [5.41, 5.74) is 0. The van der Waals surface area contributed by atoms with Crippen molar-refractivity contribution < 1.29 is 0 Å². The predicted octanol–water partition coefficient (Wildman–Crippen LogP) is 5.23. The predicted molar refractivity (Wildman–Crippen MR) is 106 cm³/mol. The maximum absolute atomic E-state index is 2.31. The minimum Gasteiger partial charge on any atom is -0.143 e. The normalized spacial score (nSPS) is 11.0. The van der Waals surface area contributed by atoms with Crippen molar-refractivity contribution in [2.24, 2.45) is 0 Å². The molecule has 112 valence electrons. The van der Waals surface area contributed by atoms with Gasteiger partial charge in [-0.2, -0.15) is 0 Å². The molecule has 4 rings (SSSR count). The highest BCUT2D eigenvalue weighted by Crippen LogP contribution is 2.38. The Balaban J connectivity index is 1.80. The third-order valence-electron chi connectivity index (χ3n) is 3.61. The first-order valence-corrected chi connectivity index (χ1v) is 10.5. The standard InChI is InChI=1S/C20H15PS2/c1-3-8-16(9-4-1)21(17-10-5-2-6-11-17)20-14-13-19(23-20)18-12-7-15-22-18/h1-15H. The summed E-state index contributed by atoms with van der Waals surface area (Å²) in [6, 6.07) is 30.7. The van der Waals surface area contributed by atoms with E-state index in [4.69, 9.17) is 0 Å². The quantitative estimate of drug-likeness (QED) is 0.442. The monoisotopic (exact) mass is 350 g/mol. The zero-order valence-corrected chi connectivity index (χ0v) is 15.0. The lowest BCUT2D eigenvalue weighted by Crippen LogP contribution is -2.18. The largest absolute Gasteiger partial charge is 0.143 e. The van der Waals surface area contributed by atoms with E-state index in [1.54, 1.807) is 0 Å². The molecule has 0 amide bonds. The molecular weight excluding hydrogens is 335 g/mol. The molecule has 0 spiro atoms. The summed E-state index contributed by atoms with van der Waals surface area (Å²) >= 11 is 3.74. The second kappa shape index (κ2) is 6.80. The molecule has 0 fully saturated rings. The minimum absolute atomic E-state index is 0.478. The van der Waals surface area contributed by atoms with Gasteiger partial charge >= 0.3 is 0 Å². The van der Waals surface area contributed by atoms with Crippen LogP contribution in [0.1, 0.15) is 0 Å². The molecule has 4 aromatic rings. The molecule has 0 radical (unpaired) electrons. The van der Waals surface area contributed by atoms with Crippen molar-refractivity contribution in [2.75, 3.05) is 0 Å². The molecule has 0 aliphatic carbocycles. The van der Waals surface area contributed by atoms with Gasteiger partial charge in [0, 0.05) is 14.4 Å². The summed E-state index contributed by atoms with van der Waals surface area (Å²) in [7, 11) is -0.478. The Morgan fingerprint density at radius 2 is 1.22 bits per heavy atom. The second-order valence-electron chi connectivity index (χ2n) is 5.12. The van der Waals surface area contributed by atoms with Crippen LogP contribution in [-0.2, 0) is 0 Å². The van der Waals surface area contributed by atoms with Gasteiger partial charge in [-0.1, -0.05) is 66.7 Å². The Hall–Kier alpha value is -1.73. The minimum atomic E-state index is -0.478. The average Bonchev–Trinajstić information content (AvgIpc) is 3.29. The van der Waals surface area contributed by atoms with Crippen molar-refractivity contribution in [3.63, 3.8) is 0 Å². The summed E-state index contributed by atoms with van der Waals surface area (Å²) in [5, 5.41) is 4.97. The van der Waals surface area contributed by atoms with Gasteiger partial charge in [0.1, 0.15) is 0 Å². The highest BCUT2D eigenvalue weighted by atomic mass is 32.1. The first-order valence-electron chi connectivity index (χ1n) is 7.46. The Kier molecular flexibility index (Phi) is 4.39. The molecule has 0 saturated heterocycles. The molecule has 0 aliphatic rings. The Morgan fingerprint density at radius 1 is 0.565 bits per heavy atom. The molecule has 2 heterocycles. The lowest BCUT2D eigenvalue weighted by Gasteiger charge is -2.17. The Labute approximate surface area is 145 Å². The third-order valence-corrected chi connectivity index (χ3v) is 8.60. The van der Waals surface area contributed by atoms with Crippen LogP contribution in [0.5, 0.6) is 0 Å². The van der Waals surface area contributed by atoms with Crippen LogP contribution >= 0.6 is 30.6 Å². The van der Waals surface area contributed by atoms with E-state index in [-0.39, 0.29) is 0 Å². The van der Waals surface area contributed by atoms with Crippen LogP contribution in [0, 0.1) is 0 Å². The second-order valence-corrected chi connectivity index (χ2v) is 9.64. The van der Waals surface area contributed by atoms with Crippen LogP contribution in [0.25, 0.3) is 9.75 Å². The Morgan fingerprint density at radius 3 is 1.78 bits per heavy atom. The van der Waals surface area contributed by atoms with Crippen LogP contribution in [0.3, 0.4) is 0 Å². The van der Waals surface area contributed by atoms with Crippen molar-refractivity contribution in [1.29, 1.82) is 0 Å². The fourth-order valence-electron chi connectivity index (χ4n) is 2.56. The lowest BCUT2D eigenvalue weighted by atomic mass is 10.4. The molecule has 0 atom stereocenters. The van der Waals surface area contributed by atoms with Gasteiger partial charge in [0.05, 0.1) is 0 Å². The fourth-order valence-corrected chi connectivity index (χ4v) is 7.40. The van der Waals surface area contributed by atoms with Crippen molar-refractivity contribution >= 4 is 45.8 Å². The molecular formula is C20H15PS2. The third kappa shape index (κ3) is 3.16. The van der Waals surface area contributed by atoms with E-state index in [0.29, 0.717) is 0 Å². The molecule has 0 saturated carbocycles. The van der Waals surface area contributed by atoms with Gasteiger partial charge < -0.3 is 0 Å². The van der Waals surface area contributed by atoms with Crippen molar-refractivity contribution in [3.8, 4) is 9.75 Å². The molecule has 23 heavy (non-hydrogen) atoms. The topological polar surface area (TPSA) is 0 Å². The van der Waals surface area contributed by atoms with Gasteiger partial charge in [0.25, 0.3) is 0 Å². The number of benzene rings is 2. The van der Waals surface area contributed by atoms with E-state index in [0.717, 1.165) is 0 Å². The van der Waals surface area contributed by atoms with Crippen LogP contribution in [-0.4, -0.2) is 0 Å². The maximum Gasteiger partial charge on any atom is 0.0449 e. The van der Waals surface area contributed by atoms with Gasteiger partial charge in [-0.05, 0) is 42.1 Å². The molecule has 2 aromatic heterocycles. The fraction of sp³-hybridized carbons (Fsp3) is 0. The average molecular weight is 350 g/mol. The van der Waals surface area contributed by atoms with Gasteiger partial charge in [-0.3, -0.25) is 0 Å². The summed E-state index contributed by atoms with van der Waals surface area (Å²) < 4.78 is 1.46. The van der Waals surface area contributed by atoms with E-state index in [1.807, 2.05) is 22.7 Å². The maximum atomic E-state index is 2.31. The van der Waals surface area contributed by atoms with Gasteiger partial charge in [0.15, 0.2) is 0 Å². The van der Waals surface area contributed by atoms with Crippen LogP contribution in [0.4, 0.5) is 0 Å². The van der Waals surface area contributed by atoms with Crippen molar-refractivity contribution in [3.05, 3.63) is 90.3 Å². The molecule has 0 nitrogen and oxygen atoms in total.